The number of likely N-dealkylation sites (N-methyl/N-ethyl adjacent to an activating group) is 1. The van der Waals surface area contributed by atoms with Crippen molar-refractivity contribution in [2.75, 3.05) is 20.2 Å². The van der Waals surface area contributed by atoms with E-state index in [2.05, 4.69) is 12.2 Å². The number of nitrogens with one attached hydrogen (secondary N) is 1. The molecular formula is C9H19NO. The van der Waals surface area contributed by atoms with Crippen molar-refractivity contribution < 1.29 is 4.74 Å². The summed E-state index contributed by atoms with van der Waals surface area (Å²) in [6.45, 7) is 3.92. The summed E-state index contributed by atoms with van der Waals surface area (Å²) in [6.07, 6.45) is 4.56. The summed E-state index contributed by atoms with van der Waals surface area (Å²) < 4.78 is 5.57. The Morgan fingerprint density at radius 2 is 2.27 bits per heavy atom. The highest BCUT2D eigenvalue weighted by atomic mass is 16.5. The summed E-state index contributed by atoms with van der Waals surface area (Å²) in [4.78, 5) is 0. The molecule has 1 atom stereocenters. The van der Waals surface area contributed by atoms with Crippen LogP contribution >= 0.6 is 0 Å². The standard InChI is InChI=1S/C9H19NO/c1-3-11-9(7-10-2)6-8-4-5-8/h8-10H,3-7H2,1-2H3. The fourth-order valence-corrected chi connectivity index (χ4v) is 1.40. The molecule has 2 heteroatoms. The fraction of sp³-hybridized carbons (Fsp3) is 1.00. The molecule has 0 radical (unpaired) electrons. The Hall–Kier alpha value is -0.0800. The first-order valence-electron chi connectivity index (χ1n) is 4.63. The second-order valence-corrected chi connectivity index (χ2v) is 3.31. The fourth-order valence-electron chi connectivity index (χ4n) is 1.40. The van der Waals surface area contributed by atoms with Crippen molar-refractivity contribution in [1.29, 1.82) is 0 Å². The number of rotatable bonds is 6. The van der Waals surface area contributed by atoms with E-state index in [-0.39, 0.29) is 0 Å². The van der Waals surface area contributed by atoms with Gasteiger partial charge in [-0.2, -0.15) is 0 Å². The van der Waals surface area contributed by atoms with Gasteiger partial charge in [0.2, 0.25) is 0 Å². The van der Waals surface area contributed by atoms with Crippen molar-refractivity contribution in [2.24, 2.45) is 5.92 Å². The van der Waals surface area contributed by atoms with Crippen LogP contribution < -0.4 is 5.32 Å². The van der Waals surface area contributed by atoms with Gasteiger partial charge in [0.25, 0.3) is 0 Å². The van der Waals surface area contributed by atoms with E-state index in [9.17, 15) is 0 Å². The Balaban J connectivity index is 2.08. The topological polar surface area (TPSA) is 21.3 Å². The molecule has 0 aromatic heterocycles. The first-order chi connectivity index (χ1) is 5.36. The van der Waals surface area contributed by atoms with Gasteiger partial charge in [0, 0.05) is 13.2 Å². The zero-order valence-electron chi connectivity index (χ0n) is 7.60. The Morgan fingerprint density at radius 3 is 2.73 bits per heavy atom. The lowest BCUT2D eigenvalue weighted by atomic mass is 10.2. The first-order valence-corrected chi connectivity index (χ1v) is 4.63. The molecule has 2 nitrogen and oxygen atoms in total. The monoisotopic (exact) mass is 157 g/mol. The maximum atomic E-state index is 5.57. The van der Waals surface area contributed by atoms with Crippen molar-refractivity contribution in [2.45, 2.75) is 32.3 Å². The molecule has 0 heterocycles. The summed E-state index contributed by atoms with van der Waals surface area (Å²) in [5.41, 5.74) is 0. The molecule has 0 aromatic carbocycles. The van der Waals surface area contributed by atoms with E-state index in [0.29, 0.717) is 6.10 Å². The summed E-state index contributed by atoms with van der Waals surface area (Å²) in [7, 11) is 1.99. The minimum Gasteiger partial charge on any atom is -0.377 e. The lowest BCUT2D eigenvalue weighted by Gasteiger charge is -2.15. The molecule has 66 valence electrons. The molecule has 0 amide bonds. The molecule has 0 spiro atoms. The second-order valence-electron chi connectivity index (χ2n) is 3.31. The zero-order valence-corrected chi connectivity index (χ0v) is 7.60. The van der Waals surface area contributed by atoms with Gasteiger partial charge in [-0.15, -0.1) is 0 Å². The van der Waals surface area contributed by atoms with Crippen LogP contribution in [0.3, 0.4) is 0 Å². The summed E-state index contributed by atoms with van der Waals surface area (Å²) >= 11 is 0. The highest BCUT2D eigenvalue weighted by Crippen LogP contribution is 2.33. The van der Waals surface area contributed by atoms with Gasteiger partial charge < -0.3 is 10.1 Å². The molecule has 0 aliphatic heterocycles. The average molecular weight is 157 g/mol. The third kappa shape index (κ3) is 3.73. The minimum absolute atomic E-state index is 0.456. The largest absolute Gasteiger partial charge is 0.377 e. The van der Waals surface area contributed by atoms with Gasteiger partial charge in [-0.05, 0) is 26.3 Å². The smallest absolute Gasteiger partial charge is 0.0701 e. The van der Waals surface area contributed by atoms with Gasteiger partial charge in [0.15, 0.2) is 0 Å². The van der Waals surface area contributed by atoms with E-state index < -0.39 is 0 Å². The van der Waals surface area contributed by atoms with Crippen LogP contribution in [0.2, 0.25) is 0 Å². The van der Waals surface area contributed by atoms with Crippen LogP contribution in [0.15, 0.2) is 0 Å². The second kappa shape index (κ2) is 4.73. The van der Waals surface area contributed by atoms with E-state index in [4.69, 9.17) is 4.74 Å². The Morgan fingerprint density at radius 1 is 1.55 bits per heavy atom. The molecule has 1 aliphatic rings. The zero-order chi connectivity index (χ0) is 8.10. The SMILES string of the molecule is CCOC(CNC)CC1CC1. The first kappa shape index (κ1) is 9.01. The molecular weight excluding hydrogens is 138 g/mol. The van der Waals surface area contributed by atoms with Crippen molar-refractivity contribution in [1.82, 2.24) is 5.32 Å². The maximum Gasteiger partial charge on any atom is 0.0701 e. The van der Waals surface area contributed by atoms with E-state index in [1.54, 1.807) is 0 Å². The van der Waals surface area contributed by atoms with Crippen LogP contribution in [-0.4, -0.2) is 26.3 Å². The van der Waals surface area contributed by atoms with Crippen LogP contribution in [0.4, 0.5) is 0 Å². The molecule has 0 bridgehead atoms. The van der Waals surface area contributed by atoms with Gasteiger partial charge in [0.1, 0.15) is 0 Å². The van der Waals surface area contributed by atoms with Crippen LogP contribution in [0, 0.1) is 5.92 Å². The van der Waals surface area contributed by atoms with Gasteiger partial charge in [-0.25, -0.2) is 0 Å². The highest BCUT2D eigenvalue weighted by Gasteiger charge is 2.25. The highest BCUT2D eigenvalue weighted by molar-refractivity contribution is 4.77. The Labute approximate surface area is 69.3 Å². The Bertz CT molecular complexity index is 95.7. The van der Waals surface area contributed by atoms with Gasteiger partial charge in [0.05, 0.1) is 6.10 Å². The van der Waals surface area contributed by atoms with Crippen molar-refractivity contribution in [3.8, 4) is 0 Å². The Kier molecular flexibility index (Phi) is 3.87. The van der Waals surface area contributed by atoms with E-state index in [1.807, 2.05) is 7.05 Å². The van der Waals surface area contributed by atoms with Crippen LogP contribution in [-0.2, 0) is 4.74 Å². The summed E-state index contributed by atoms with van der Waals surface area (Å²) in [6, 6.07) is 0. The number of ether oxygens (including phenoxy) is 1. The van der Waals surface area contributed by atoms with Crippen LogP contribution in [0.5, 0.6) is 0 Å². The minimum atomic E-state index is 0.456. The average Bonchev–Trinajstić information content (AvgIpc) is 2.73. The van der Waals surface area contributed by atoms with E-state index in [1.165, 1.54) is 19.3 Å². The molecule has 1 saturated carbocycles. The van der Waals surface area contributed by atoms with Crippen molar-refractivity contribution >= 4 is 0 Å². The van der Waals surface area contributed by atoms with Crippen molar-refractivity contribution in [3.05, 3.63) is 0 Å². The van der Waals surface area contributed by atoms with Gasteiger partial charge >= 0.3 is 0 Å². The number of hydrogen-bond donors (Lipinski definition) is 1. The molecule has 1 rings (SSSR count). The molecule has 0 saturated heterocycles. The molecule has 1 unspecified atom stereocenters. The molecule has 1 aliphatic carbocycles. The molecule has 11 heavy (non-hydrogen) atoms. The third-order valence-electron chi connectivity index (χ3n) is 2.13. The molecule has 1 N–H and O–H groups in total. The summed E-state index contributed by atoms with van der Waals surface area (Å²) in [5, 5.41) is 3.16. The lowest BCUT2D eigenvalue weighted by molar-refractivity contribution is 0.0542. The normalized spacial score (nSPS) is 20.2. The lowest BCUT2D eigenvalue weighted by Crippen LogP contribution is -2.27. The van der Waals surface area contributed by atoms with Gasteiger partial charge in [-0.1, -0.05) is 12.8 Å². The van der Waals surface area contributed by atoms with Crippen LogP contribution in [0.1, 0.15) is 26.2 Å². The summed E-state index contributed by atoms with van der Waals surface area (Å²) in [5.74, 6) is 0.972. The third-order valence-corrected chi connectivity index (χ3v) is 2.13. The van der Waals surface area contributed by atoms with E-state index >= 15 is 0 Å². The number of hydrogen-bond acceptors (Lipinski definition) is 2. The van der Waals surface area contributed by atoms with E-state index in [0.717, 1.165) is 19.1 Å². The predicted octanol–water partition coefficient (Wildman–Crippen LogP) is 1.41. The van der Waals surface area contributed by atoms with Crippen molar-refractivity contribution in [3.63, 3.8) is 0 Å². The quantitative estimate of drug-likeness (QED) is 0.629. The predicted molar refractivity (Wildman–Crippen MR) is 46.7 cm³/mol. The van der Waals surface area contributed by atoms with Gasteiger partial charge in [-0.3, -0.25) is 0 Å². The maximum absolute atomic E-state index is 5.57. The van der Waals surface area contributed by atoms with Crippen LogP contribution in [0.25, 0.3) is 0 Å². The molecule has 1 fully saturated rings. The molecule has 0 aromatic rings.